The Morgan fingerprint density at radius 3 is 2.62 bits per heavy atom. The second-order valence-corrected chi connectivity index (χ2v) is 6.63. The summed E-state index contributed by atoms with van der Waals surface area (Å²) < 4.78 is 7.18. The fourth-order valence-corrected chi connectivity index (χ4v) is 3.46. The van der Waals surface area contributed by atoms with Crippen LogP contribution in [0.1, 0.15) is 18.3 Å². The molecule has 1 aromatic carbocycles. The summed E-state index contributed by atoms with van der Waals surface area (Å²) >= 11 is 2.91. The lowest BCUT2D eigenvalue weighted by Gasteiger charge is -2.02. The van der Waals surface area contributed by atoms with Gasteiger partial charge in [0.15, 0.2) is 15.3 Å². The van der Waals surface area contributed by atoms with Crippen molar-refractivity contribution in [2.45, 2.75) is 29.8 Å². The largest absolute Gasteiger partial charge is 0.305 e. The maximum atomic E-state index is 4.45. The van der Waals surface area contributed by atoms with E-state index < -0.39 is 0 Å². The van der Waals surface area contributed by atoms with Gasteiger partial charge in [0.25, 0.3) is 0 Å². The molecule has 0 aliphatic carbocycles. The fraction of sp³-hybridized carbons (Fsp3) is 0.286. The summed E-state index contributed by atoms with van der Waals surface area (Å²) in [6.07, 6.45) is 0.852. The van der Waals surface area contributed by atoms with Crippen LogP contribution < -0.4 is 0 Å². The van der Waals surface area contributed by atoms with Crippen molar-refractivity contribution >= 4 is 23.3 Å². The number of benzene rings is 1. The molecule has 0 N–H and O–H groups in total. The van der Waals surface area contributed by atoms with E-state index in [9.17, 15) is 0 Å². The minimum absolute atomic E-state index is 0.823. The molecule has 5 nitrogen and oxygen atoms in total. The predicted molar refractivity (Wildman–Crippen MR) is 84.6 cm³/mol. The Bertz CT molecular complexity index is 745. The molecular formula is C14H15N5S2. The van der Waals surface area contributed by atoms with Gasteiger partial charge in [-0.3, -0.25) is 0 Å². The minimum atomic E-state index is 0.823. The summed E-state index contributed by atoms with van der Waals surface area (Å²) in [7, 11) is 1.97. The molecule has 0 amide bonds. The topological polar surface area (TPSA) is 56.5 Å². The molecule has 0 bridgehead atoms. The van der Waals surface area contributed by atoms with Crippen LogP contribution in [0.15, 0.2) is 33.8 Å². The van der Waals surface area contributed by atoms with E-state index >= 15 is 0 Å². The number of rotatable bonds is 4. The van der Waals surface area contributed by atoms with Gasteiger partial charge in [-0.2, -0.15) is 4.37 Å². The summed E-state index contributed by atoms with van der Waals surface area (Å²) in [5.74, 6) is 1.74. The van der Waals surface area contributed by atoms with Crippen molar-refractivity contribution in [1.82, 2.24) is 24.1 Å². The van der Waals surface area contributed by atoms with Crippen LogP contribution in [0.2, 0.25) is 0 Å². The third kappa shape index (κ3) is 2.98. The Morgan fingerprint density at radius 1 is 1.19 bits per heavy atom. The van der Waals surface area contributed by atoms with Gasteiger partial charge in [0, 0.05) is 19.0 Å². The molecule has 3 aromatic rings. The van der Waals surface area contributed by atoms with Crippen LogP contribution in [-0.4, -0.2) is 24.1 Å². The summed E-state index contributed by atoms with van der Waals surface area (Å²) in [5, 5.41) is 9.37. The van der Waals surface area contributed by atoms with E-state index in [2.05, 4.69) is 50.7 Å². The molecule has 0 spiro atoms. The summed E-state index contributed by atoms with van der Waals surface area (Å²) in [4.78, 5) is 4.45. The molecule has 0 saturated heterocycles. The molecule has 0 saturated carbocycles. The van der Waals surface area contributed by atoms with Crippen LogP contribution in [-0.2, 0) is 13.5 Å². The molecule has 0 radical (unpaired) electrons. The molecule has 21 heavy (non-hydrogen) atoms. The smallest absolute Gasteiger partial charge is 0.198 e. The third-order valence-corrected chi connectivity index (χ3v) is 4.92. The van der Waals surface area contributed by atoms with E-state index in [0.717, 1.165) is 33.1 Å². The van der Waals surface area contributed by atoms with Crippen LogP contribution in [0.4, 0.5) is 0 Å². The first kappa shape index (κ1) is 14.2. The first-order valence-electron chi connectivity index (χ1n) is 6.64. The normalized spacial score (nSPS) is 11.0. The van der Waals surface area contributed by atoms with E-state index in [4.69, 9.17) is 0 Å². The summed E-state index contributed by atoms with van der Waals surface area (Å²) in [6, 6.07) is 8.28. The zero-order valence-electron chi connectivity index (χ0n) is 12.1. The van der Waals surface area contributed by atoms with Gasteiger partial charge in [0.05, 0.1) is 0 Å². The number of aromatic nitrogens is 5. The third-order valence-electron chi connectivity index (χ3n) is 3.09. The molecule has 3 rings (SSSR count). The average Bonchev–Trinajstić information content (AvgIpc) is 3.08. The molecular weight excluding hydrogens is 302 g/mol. The van der Waals surface area contributed by atoms with Crippen LogP contribution in [0, 0.1) is 6.92 Å². The second kappa shape index (κ2) is 5.95. The van der Waals surface area contributed by atoms with Gasteiger partial charge in [-0.1, -0.05) is 36.8 Å². The van der Waals surface area contributed by atoms with E-state index in [-0.39, 0.29) is 0 Å². The van der Waals surface area contributed by atoms with Crippen molar-refractivity contribution in [1.29, 1.82) is 0 Å². The monoisotopic (exact) mass is 317 g/mol. The quantitative estimate of drug-likeness (QED) is 0.738. The highest BCUT2D eigenvalue weighted by atomic mass is 32.2. The molecule has 0 aliphatic heterocycles. The van der Waals surface area contributed by atoms with Crippen molar-refractivity contribution in [2.75, 3.05) is 0 Å². The minimum Gasteiger partial charge on any atom is -0.305 e. The highest BCUT2D eigenvalue weighted by Gasteiger charge is 2.14. The Balaban J connectivity index is 1.86. The highest BCUT2D eigenvalue weighted by molar-refractivity contribution is 8.00. The lowest BCUT2D eigenvalue weighted by atomic mass is 10.1. The zero-order valence-corrected chi connectivity index (χ0v) is 13.7. The van der Waals surface area contributed by atoms with Crippen molar-refractivity contribution in [2.24, 2.45) is 7.05 Å². The van der Waals surface area contributed by atoms with Crippen LogP contribution >= 0.6 is 23.3 Å². The van der Waals surface area contributed by atoms with Crippen LogP contribution in [0.25, 0.3) is 11.4 Å². The standard InChI is InChI=1S/C14H15N5S2/c1-4-11-15-14(21-18-11)20-13-17-16-12(19(13)3)10-7-5-9(2)6-8-10/h5-8H,4H2,1-3H3. The van der Waals surface area contributed by atoms with Gasteiger partial charge in [-0.25, -0.2) is 4.98 Å². The van der Waals surface area contributed by atoms with E-state index in [1.165, 1.54) is 28.9 Å². The number of hydrogen-bond acceptors (Lipinski definition) is 6. The highest BCUT2D eigenvalue weighted by Crippen LogP contribution is 2.29. The molecule has 0 aliphatic rings. The number of hydrogen-bond donors (Lipinski definition) is 0. The van der Waals surface area contributed by atoms with Crippen LogP contribution in [0.3, 0.4) is 0 Å². The van der Waals surface area contributed by atoms with E-state index in [1.54, 1.807) is 0 Å². The Morgan fingerprint density at radius 2 is 1.95 bits per heavy atom. The van der Waals surface area contributed by atoms with Gasteiger partial charge in [-0.05, 0) is 30.2 Å². The molecule has 7 heteroatoms. The average molecular weight is 317 g/mol. The number of aryl methyl sites for hydroxylation is 2. The van der Waals surface area contributed by atoms with Crippen molar-refractivity contribution < 1.29 is 0 Å². The lowest BCUT2D eigenvalue weighted by Crippen LogP contribution is -1.94. The maximum absolute atomic E-state index is 4.45. The van der Waals surface area contributed by atoms with Crippen molar-refractivity contribution in [3.63, 3.8) is 0 Å². The SMILES string of the molecule is CCc1nsc(Sc2nnc(-c3ccc(C)cc3)n2C)n1. The Kier molecular flexibility index (Phi) is 4.03. The summed E-state index contributed by atoms with van der Waals surface area (Å²) in [5.41, 5.74) is 2.30. The van der Waals surface area contributed by atoms with E-state index in [1.807, 2.05) is 18.5 Å². The Labute approximate surface area is 131 Å². The molecule has 2 heterocycles. The molecule has 108 valence electrons. The van der Waals surface area contributed by atoms with Gasteiger partial charge < -0.3 is 4.57 Å². The second-order valence-electron chi connectivity index (χ2n) is 4.66. The Hall–Kier alpha value is -1.73. The lowest BCUT2D eigenvalue weighted by molar-refractivity contribution is 0.793. The fourth-order valence-electron chi connectivity index (χ4n) is 1.86. The summed E-state index contributed by atoms with van der Waals surface area (Å²) in [6.45, 7) is 4.12. The van der Waals surface area contributed by atoms with Gasteiger partial charge >= 0.3 is 0 Å². The molecule has 2 aromatic heterocycles. The van der Waals surface area contributed by atoms with Gasteiger partial charge in [0.1, 0.15) is 5.82 Å². The first-order valence-corrected chi connectivity index (χ1v) is 8.23. The van der Waals surface area contributed by atoms with Crippen molar-refractivity contribution in [3.8, 4) is 11.4 Å². The number of nitrogens with zero attached hydrogens (tertiary/aromatic N) is 5. The zero-order chi connectivity index (χ0) is 14.8. The molecule has 0 unspecified atom stereocenters. The molecule has 0 atom stereocenters. The predicted octanol–water partition coefficient (Wildman–Crippen LogP) is 3.36. The van der Waals surface area contributed by atoms with Crippen LogP contribution in [0.5, 0.6) is 0 Å². The van der Waals surface area contributed by atoms with Gasteiger partial charge in [0.2, 0.25) is 0 Å². The maximum Gasteiger partial charge on any atom is 0.198 e. The van der Waals surface area contributed by atoms with Crippen molar-refractivity contribution in [3.05, 3.63) is 35.7 Å². The first-order chi connectivity index (χ1) is 10.2. The van der Waals surface area contributed by atoms with E-state index in [0.29, 0.717) is 0 Å². The van der Waals surface area contributed by atoms with Gasteiger partial charge in [-0.15, -0.1) is 10.2 Å². The molecule has 0 fully saturated rings.